The summed E-state index contributed by atoms with van der Waals surface area (Å²) in [5.74, 6) is 0.502. The third-order valence-corrected chi connectivity index (χ3v) is 6.03. The quantitative estimate of drug-likeness (QED) is 0.635. The van der Waals surface area contributed by atoms with Gasteiger partial charge < -0.3 is 10.1 Å². The van der Waals surface area contributed by atoms with Crippen molar-refractivity contribution in [3.05, 3.63) is 59.2 Å². The lowest BCUT2D eigenvalue weighted by molar-refractivity contribution is -0.121. The van der Waals surface area contributed by atoms with Crippen molar-refractivity contribution in [2.45, 2.75) is 39.7 Å². The summed E-state index contributed by atoms with van der Waals surface area (Å²) in [5.41, 5.74) is 3.34. The molecule has 0 aliphatic heterocycles. The molecule has 0 aromatic heterocycles. The number of methoxy groups -OCH3 is 1. The number of aryl methyl sites for hydroxylation is 3. The van der Waals surface area contributed by atoms with Crippen LogP contribution >= 0.6 is 0 Å². The van der Waals surface area contributed by atoms with Crippen LogP contribution < -0.4 is 14.4 Å². The molecule has 2 rings (SSSR count). The molecule has 0 heterocycles. The van der Waals surface area contributed by atoms with Crippen molar-refractivity contribution in [3.8, 4) is 5.75 Å². The Morgan fingerprint density at radius 2 is 1.86 bits per heavy atom. The molecule has 0 bridgehead atoms. The van der Waals surface area contributed by atoms with Crippen LogP contribution in [0.2, 0.25) is 0 Å². The Morgan fingerprint density at radius 3 is 2.52 bits per heavy atom. The van der Waals surface area contributed by atoms with E-state index in [1.807, 2.05) is 50.2 Å². The number of benzene rings is 2. The van der Waals surface area contributed by atoms with Gasteiger partial charge in [0.25, 0.3) is 0 Å². The molecule has 0 radical (unpaired) electrons. The Morgan fingerprint density at radius 1 is 1.17 bits per heavy atom. The van der Waals surface area contributed by atoms with Crippen LogP contribution in [0.15, 0.2) is 42.5 Å². The van der Waals surface area contributed by atoms with E-state index in [-0.39, 0.29) is 5.91 Å². The molecule has 2 aromatic carbocycles. The van der Waals surface area contributed by atoms with Crippen LogP contribution in [0.1, 0.15) is 30.0 Å². The first-order valence-corrected chi connectivity index (χ1v) is 11.5. The van der Waals surface area contributed by atoms with Gasteiger partial charge >= 0.3 is 0 Å². The van der Waals surface area contributed by atoms with Gasteiger partial charge in [0.2, 0.25) is 15.9 Å². The zero-order valence-corrected chi connectivity index (χ0v) is 18.5. The van der Waals surface area contributed by atoms with Gasteiger partial charge in [-0.05, 0) is 62.4 Å². The van der Waals surface area contributed by atoms with Gasteiger partial charge in [0.1, 0.15) is 11.8 Å². The van der Waals surface area contributed by atoms with Crippen molar-refractivity contribution in [1.82, 2.24) is 5.32 Å². The highest BCUT2D eigenvalue weighted by molar-refractivity contribution is 7.92. The molecule has 0 saturated heterocycles. The van der Waals surface area contributed by atoms with E-state index < -0.39 is 16.1 Å². The summed E-state index contributed by atoms with van der Waals surface area (Å²) < 4.78 is 31.5. The second-order valence-electron chi connectivity index (χ2n) is 7.23. The minimum Gasteiger partial charge on any atom is -0.496 e. The van der Waals surface area contributed by atoms with E-state index in [9.17, 15) is 13.2 Å². The summed E-state index contributed by atoms with van der Waals surface area (Å²) in [6.45, 7) is 5.79. The monoisotopic (exact) mass is 418 g/mol. The lowest BCUT2D eigenvalue weighted by atomic mass is 10.1. The second-order valence-corrected chi connectivity index (χ2v) is 9.09. The molecule has 0 aliphatic carbocycles. The van der Waals surface area contributed by atoms with Crippen molar-refractivity contribution in [2.75, 3.05) is 24.2 Å². The van der Waals surface area contributed by atoms with Gasteiger partial charge in [-0.2, -0.15) is 0 Å². The normalized spacial score (nSPS) is 12.3. The largest absolute Gasteiger partial charge is 0.496 e. The topological polar surface area (TPSA) is 75.7 Å². The molecule has 29 heavy (non-hydrogen) atoms. The predicted octanol–water partition coefficient (Wildman–Crippen LogP) is 3.22. The summed E-state index contributed by atoms with van der Waals surface area (Å²) in [7, 11) is -1.99. The Kier molecular flexibility index (Phi) is 7.67. The first-order chi connectivity index (χ1) is 13.6. The molecular formula is C22H30N2O4S. The highest BCUT2D eigenvalue weighted by Crippen LogP contribution is 2.26. The number of amides is 1. The van der Waals surface area contributed by atoms with Crippen LogP contribution in [0.5, 0.6) is 5.75 Å². The van der Waals surface area contributed by atoms with Gasteiger partial charge in [-0.15, -0.1) is 0 Å². The summed E-state index contributed by atoms with van der Waals surface area (Å²) in [6.07, 6.45) is 2.60. The highest BCUT2D eigenvalue weighted by Gasteiger charge is 2.30. The van der Waals surface area contributed by atoms with Crippen LogP contribution in [0.25, 0.3) is 0 Å². The maximum Gasteiger partial charge on any atom is 0.243 e. The highest BCUT2D eigenvalue weighted by atomic mass is 32.2. The van der Waals surface area contributed by atoms with E-state index in [0.717, 1.165) is 41.5 Å². The number of hydrogen-bond donors (Lipinski definition) is 1. The average molecular weight is 419 g/mol. The standard InChI is InChI=1S/C22H30N2O4S/c1-16-12-13-17(2)20(15-16)24(29(5,26)27)18(3)22(25)23-14-8-10-19-9-6-7-11-21(19)28-4/h6-7,9,11-13,15,18H,8,10,14H2,1-5H3,(H,23,25). The van der Waals surface area contributed by atoms with Crippen molar-refractivity contribution in [1.29, 1.82) is 0 Å². The number of nitrogens with one attached hydrogen (secondary N) is 1. The number of sulfonamides is 1. The number of carbonyl (C=O) groups excluding carboxylic acids is 1. The third-order valence-electron chi connectivity index (χ3n) is 4.81. The fourth-order valence-corrected chi connectivity index (χ4v) is 4.51. The molecule has 6 nitrogen and oxygen atoms in total. The molecule has 2 aromatic rings. The van der Waals surface area contributed by atoms with E-state index in [1.165, 1.54) is 4.31 Å². The summed E-state index contributed by atoms with van der Waals surface area (Å²) in [5, 5.41) is 2.86. The Hall–Kier alpha value is -2.54. The van der Waals surface area contributed by atoms with E-state index in [0.29, 0.717) is 12.2 Å². The second kappa shape index (κ2) is 9.78. The summed E-state index contributed by atoms with van der Waals surface area (Å²) >= 11 is 0. The van der Waals surface area contributed by atoms with E-state index >= 15 is 0 Å². The van der Waals surface area contributed by atoms with Crippen molar-refractivity contribution < 1.29 is 17.9 Å². The summed E-state index contributed by atoms with van der Waals surface area (Å²) in [4.78, 5) is 12.7. The lowest BCUT2D eigenvalue weighted by Crippen LogP contribution is -2.48. The minimum atomic E-state index is -3.63. The number of ether oxygens (including phenoxy) is 1. The average Bonchev–Trinajstić information content (AvgIpc) is 2.67. The molecule has 7 heteroatoms. The van der Waals surface area contributed by atoms with Gasteiger partial charge in [0.05, 0.1) is 19.1 Å². The van der Waals surface area contributed by atoms with Crippen molar-refractivity contribution in [2.24, 2.45) is 0 Å². The molecule has 0 fully saturated rings. The molecule has 1 atom stereocenters. The van der Waals surface area contributed by atoms with Crippen LogP contribution in [-0.4, -0.2) is 40.3 Å². The molecule has 0 spiro atoms. The lowest BCUT2D eigenvalue weighted by Gasteiger charge is -2.29. The Balaban J connectivity index is 2.05. The minimum absolute atomic E-state index is 0.323. The maximum atomic E-state index is 12.7. The van der Waals surface area contributed by atoms with Gasteiger partial charge in [-0.25, -0.2) is 8.42 Å². The smallest absolute Gasteiger partial charge is 0.243 e. The van der Waals surface area contributed by atoms with Crippen molar-refractivity contribution in [3.63, 3.8) is 0 Å². The Bertz CT molecular complexity index is 957. The first-order valence-electron chi connectivity index (χ1n) is 9.61. The molecule has 0 saturated carbocycles. The number of nitrogens with zero attached hydrogens (tertiary/aromatic N) is 1. The van der Waals surface area contributed by atoms with Crippen LogP contribution in [0.3, 0.4) is 0 Å². The fraction of sp³-hybridized carbons (Fsp3) is 0.409. The number of para-hydroxylation sites is 1. The maximum absolute atomic E-state index is 12.7. The fourth-order valence-electron chi connectivity index (χ4n) is 3.29. The third kappa shape index (κ3) is 5.97. The zero-order valence-electron chi connectivity index (χ0n) is 17.7. The van der Waals surface area contributed by atoms with Crippen LogP contribution in [0, 0.1) is 13.8 Å². The molecule has 1 unspecified atom stereocenters. The Labute approximate surface area is 173 Å². The number of hydrogen-bond acceptors (Lipinski definition) is 4. The predicted molar refractivity (Wildman–Crippen MR) is 117 cm³/mol. The molecule has 158 valence electrons. The molecule has 1 amide bonds. The molecule has 1 N–H and O–H groups in total. The van der Waals surface area contributed by atoms with Crippen molar-refractivity contribution >= 4 is 21.6 Å². The number of carbonyl (C=O) groups is 1. The van der Waals surface area contributed by atoms with E-state index in [4.69, 9.17) is 4.74 Å². The number of rotatable bonds is 9. The molecular weight excluding hydrogens is 388 g/mol. The van der Waals surface area contributed by atoms with Crippen LogP contribution in [-0.2, 0) is 21.2 Å². The SMILES string of the molecule is COc1ccccc1CCCNC(=O)C(C)N(c1cc(C)ccc1C)S(C)(=O)=O. The van der Waals surface area contributed by atoms with E-state index in [1.54, 1.807) is 20.1 Å². The van der Waals surface area contributed by atoms with E-state index in [2.05, 4.69) is 5.32 Å². The van der Waals surface area contributed by atoms with Gasteiger partial charge in [-0.1, -0.05) is 30.3 Å². The summed E-state index contributed by atoms with van der Waals surface area (Å²) in [6, 6.07) is 12.5. The first kappa shape index (κ1) is 22.7. The van der Waals surface area contributed by atoms with Crippen LogP contribution in [0.4, 0.5) is 5.69 Å². The van der Waals surface area contributed by atoms with Gasteiger partial charge in [-0.3, -0.25) is 9.10 Å². The van der Waals surface area contributed by atoms with Gasteiger partial charge in [0, 0.05) is 6.54 Å². The number of anilines is 1. The van der Waals surface area contributed by atoms with Gasteiger partial charge in [0.15, 0.2) is 0 Å². The zero-order chi connectivity index (χ0) is 21.6. The molecule has 0 aliphatic rings.